The first-order valence-corrected chi connectivity index (χ1v) is 9.39. The van der Waals surface area contributed by atoms with Crippen LogP contribution in [0.25, 0.3) is 0 Å². The van der Waals surface area contributed by atoms with Gasteiger partial charge in [-0.05, 0) is 24.7 Å². The molecule has 1 saturated carbocycles. The Morgan fingerprint density at radius 1 is 1.15 bits per heavy atom. The van der Waals surface area contributed by atoms with Crippen LogP contribution in [0.3, 0.4) is 0 Å². The van der Waals surface area contributed by atoms with Gasteiger partial charge in [0.2, 0.25) is 10.0 Å². The van der Waals surface area contributed by atoms with E-state index in [0.29, 0.717) is 18.9 Å². The summed E-state index contributed by atoms with van der Waals surface area (Å²) >= 11 is 0. The van der Waals surface area contributed by atoms with Crippen molar-refractivity contribution in [3.05, 3.63) is 0 Å². The summed E-state index contributed by atoms with van der Waals surface area (Å²) < 4.78 is 24.8. The lowest BCUT2D eigenvalue weighted by atomic mass is 9.79. The highest BCUT2D eigenvalue weighted by atomic mass is 32.2. The summed E-state index contributed by atoms with van der Waals surface area (Å²) in [4.78, 5) is 11.2. The van der Waals surface area contributed by atoms with E-state index in [4.69, 9.17) is 0 Å². The number of nitrogens with zero attached hydrogens (tertiary/aromatic N) is 1. The fraction of sp³-hybridized carbons (Fsp3) is 0.929. The van der Waals surface area contributed by atoms with E-state index in [9.17, 15) is 18.3 Å². The second-order valence-corrected chi connectivity index (χ2v) is 8.44. The summed E-state index contributed by atoms with van der Waals surface area (Å²) in [5, 5.41) is 9.22. The van der Waals surface area contributed by atoms with E-state index in [1.165, 1.54) is 42.7 Å². The second kappa shape index (κ2) is 6.43. The lowest BCUT2D eigenvalue weighted by Crippen LogP contribution is -2.46. The maximum atomic E-state index is 11.7. The van der Waals surface area contributed by atoms with Gasteiger partial charge >= 0.3 is 5.97 Å². The molecule has 20 heavy (non-hydrogen) atoms. The predicted octanol–water partition coefficient (Wildman–Crippen LogP) is 1.94. The fourth-order valence-electron chi connectivity index (χ4n) is 3.67. The smallest absolute Gasteiger partial charge is 0.307 e. The van der Waals surface area contributed by atoms with Crippen LogP contribution in [-0.2, 0) is 14.8 Å². The highest BCUT2D eigenvalue weighted by Gasteiger charge is 2.36. The van der Waals surface area contributed by atoms with Crippen LogP contribution in [0, 0.1) is 17.8 Å². The lowest BCUT2D eigenvalue weighted by molar-refractivity contribution is -0.143. The molecule has 1 heterocycles. The summed E-state index contributed by atoms with van der Waals surface area (Å²) in [5.74, 6) is -0.565. The Hall–Kier alpha value is -0.620. The van der Waals surface area contributed by atoms with Crippen LogP contribution in [-0.4, -0.2) is 43.1 Å². The first-order valence-electron chi connectivity index (χ1n) is 7.54. The average molecular weight is 303 g/mol. The standard InChI is InChI=1S/C14H25NO4S/c1-20(18,19)15-9-12(8-13(10-15)14(16)17)7-11-5-3-2-4-6-11/h11-13H,2-10H2,1H3,(H,16,17). The largest absolute Gasteiger partial charge is 0.481 e. The van der Waals surface area contributed by atoms with E-state index in [0.717, 1.165) is 6.42 Å². The zero-order valence-corrected chi connectivity index (χ0v) is 12.9. The van der Waals surface area contributed by atoms with Gasteiger partial charge in [-0.25, -0.2) is 12.7 Å². The van der Waals surface area contributed by atoms with Gasteiger partial charge in [-0.1, -0.05) is 32.1 Å². The number of carboxylic acids is 1. The normalized spacial score (nSPS) is 30.2. The lowest BCUT2D eigenvalue weighted by Gasteiger charge is -2.36. The van der Waals surface area contributed by atoms with Crippen LogP contribution in [0.15, 0.2) is 0 Å². The topological polar surface area (TPSA) is 74.7 Å². The van der Waals surface area contributed by atoms with E-state index >= 15 is 0 Å². The highest BCUT2D eigenvalue weighted by molar-refractivity contribution is 7.88. The summed E-state index contributed by atoms with van der Waals surface area (Å²) in [6, 6.07) is 0. The van der Waals surface area contributed by atoms with Gasteiger partial charge in [-0.2, -0.15) is 0 Å². The maximum absolute atomic E-state index is 11.7. The Bertz CT molecular complexity index is 442. The predicted molar refractivity (Wildman–Crippen MR) is 76.8 cm³/mol. The van der Waals surface area contributed by atoms with Crippen molar-refractivity contribution in [1.29, 1.82) is 0 Å². The molecular formula is C14H25NO4S. The molecule has 2 atom stereocenters. The molecule has 1 saturated heterocycles. The zero-order valence-electron chi connectivity index (χ0n) is 12.1. The monoisotopic (exact) mass is 303 g/mol. The quantitative estimate of drug-likeness (QED) is 0.861. The second-order valence-electron chi connectivity index (χ2n) is 6.46. The van der Waals surface area contributed by atoms with E-state index in [1.54, 1.807) is 0 Å². The minimum atomic E-state index is -3.30. The third-order valence-electron chi connectivity index (χ3n) is 4.71. The summed E-state index contributed by atoms with van der Waals surface area (Å²) in [6.45, 7) is 0.633. The number of carbonyl (C=O) groups is 1. The van der Waals surface area contributed by atoms with Gasteiger partial charge < -0.3 is 5.11 Å². The third kappa shape index (κ3) is 4.19. The van der Waals surface area contributed by atoms with E-state index in [1.807, 2.05) is 0 Å². The van der Waals surface area contributed by atoms with E-state index < -0.39 is 21.9 Å². The third-order valence-corrected chi connectivity index (χ3v) is 5.95. The van der Waals surface area contributed by atoms with Gasteiger partial charge in [-0.15, -0.1) is 0 Å². The molecule has 0 amide bonds. The van der Waals surface area contributed by atoms with Gasteiger partial charge in [0, 0.05) is 13.1 Å². The molecule has 5 nitrogen and oxygen atoms in total. The van der Waals surface area contributed by atoms with Gasteiger partial charge in [0.15, 0.2) is 0 Å². The van der Waals surface area contributed by atoms with E-state index in [-0.39, 0.29) is 12.5 Å². The Labute approximate surface area is 121 Å². The molecule has 1 aliphatic carbocycles. The number of aliphatic carboxylic acids is 1. The molecule has 1 N–H and O–H groups in total. The number of piperidine rings is 1. The highest BCUT2D eigenvalue weighted by Crippen LogP contribution is 2.34. The van der Waals surface area contributed by atoms with Crippen molar-refractivity contribution < 1.29 is 18.3 Å². The molecule has 6 heteroatoms. The van der Waals surface area contributed by atoms with Crippen molar-refractivity contribution in [2.45, 2.75) is 44.9 Å². The molecule has 2 fully saturated rings. The first kappa shape index (κ1) is 15.8. The number of rotatable bonds is 4. The van der Waals surface area contributed by atoms with Crippen LogP contribution < -0.4 is 0 Å². The van der Waals surface area contributed by atoms with Crippen molar-refractivity contribution >= 4 is 16.0 Å². The molecular weight excluding hydrogens is 278 g/mol. The Balaban J connectivity index is 2.01. The molecule has 1 aliphatic heterocycles. The Kier molecular flexibility index (Phi) is 5.07. The molecule has 0 aromatic carbocycles. The van der Waals surface area contributed by atoms with Crippen molar-refractivity contribution in [2.24, 2.45) is 17.8 Å². The molecule has 2 rings (SSSR count). The molecule has 2 unspecified atom stereocenters. The average Bonchev–Trinajstić information content (AvgIpc) is 2.38. The zero-order chi connectivity index (χ0) is 14.8. The molecule has 116 valence electrons. The number of hydrogen-bond donors (Lipinski definition) is 1. The van der Waals surface area contributed by atoms with E-state index in [2.05, 4.69) is 0 Å². The van der Waals surface area contributed by atoms with Gasteiger partial charge in [-0.3, -0.25) is 4.79 Å². The molecule has 0 radical (unpaired) electrons. The maximum Gasteiger partial charge on any atom is 0.307 e. The number of carboxylic acid groups (broad SMARTS) is 1. The van der Waals surface area contributed by atoms with Crippen molar-refractivity contribution in [3.8, 4) is 0 Å². The van der Waals surface area contributed by atoms with Crippen LogP contribution in [0.4, 0.5) is 0 Å². The van der Waals surface area contributed by atoms with Crippen LogP contribution in [0.5, 0.6) is 0 Å². The Morgan fingerprint density at radius 2 is 1.80 bits per heavy atom. The number of sulfonamides is 1. The molecule has 2 aliphatic rings. The van der Waals surface area contributed by atoms with Crippen LogP contribution >= 0.6 is 0 Å². The van der Waals surface area contributed by atoms with Crippen molar-refractivity contribution in [3.63, 3.8) is 0 Å². The molecule has 0 aromatic heterocycles. The minimum Gasteiger partial charge on any atom is -0.481 e. The van der Waals surface area contributed by atoms with Gasteiger partial charge in [0.25, 0.3) is 0 Å². The van der Waals surface area contributed by atoms with Crippen molar-refractivity contribution in [1.82, 2.24) is 4.31 Å². The molecule has 0 aromatic rings. The number of hydrogen-bond acceptors (Lipinski definition) is 3. The molecule has 0 spiro atoms. The van der Waals surface area contributed by atoms with Gasteiger partial charge in [0.05, 0.1) is 12.2 Å². The summed E-state index contributed by atoms with van der Waals surface area (Å²) in [6.07, 6.45) is 9.03. The van der Waals surface area contributed by atoms with Crippen LogP contribution in [0.1, 0.15) is 44.9 Å². The molecule has 0 bridgehead atoms. The van der Waals surface area contributed by atoms with Gasteiger partial charge in [0.1, 0.15) is 0 Å². The van der Waals surface area contributed by atoms with Crippen LogP contribution in [0.2, 0.25) is 0 Å². The summed E-state index contributed by atoms with van der Waals surface area (Å²) in [5.41, 5.74) is 0. The first-order chi connectivity index (χ1) is 9.36. The SMILES string of the molecule is CS(=O)(=O)N1CC(CC2CCCCC2)CC(C(=O)O)C1. The minimum absolute atomic E-state index is 0.134. The summed E-state index contributed by atoms with van der Waals surface area (Å²) in [7, 11) is -3.30. The Morgan fingerprint density at radius 3 is 2.35 bits per heavy atom. The fourth-order valence-corrected chi connectivity index (χ4v) is 4.61. The van der Waals surface area contributed by atoms with Crippen molar-refractivity contribution in [2.75, 3.05) is 19.3 Å².